The second-order valence-electron chi connectivity index (χ2n) is 7.51. The van der Waals surface area contributed by atoms with Gasteiger partial charge in [-0.2, -0.15) is 26.3 Å². The molecule has 2 aromatic rings. The van der Waals surface area contributed by atoms with Gasteiger partial charge in [0, 0.05) is 18.7 Å². The lowest BCUT2D eigenvalue weighted by Crippen LogP contribution is -2.59. The Balaban J connectivity index is 2.06. The van der Waals surface area contributed by atoms with Gasteiger partial charge in [-0.1, -0.05) is 0 Å². The number of alkyl halides is 6. The Morgan fingerprint density at radius 3 is 2.00 bits per heavy atom. The number of rotatable bonds is 3. The molecule has 3 rings (SSSR count). The van der Waals surface area contributed by atoms with E-state index >= 15 is 0 Å². The van der Waals surface area contributed by atoms with Crippen LogP contribution in [0.5, 0.6) is 0 Å². The molecule has 2 amide bonds. The molecule has 35 heavy (non-hydrogen) atoms. The predicted octanol–water partition coefficient (Wildman–Crippen LogP) is 3.26. The molecular formula is C20H16F6N4O5. The minimum atomic E-state index is -5.11. The Morgan fingerprint density at radius 1 is 0.943 bits per heavy atom. The highest BCUT2D eigenvalue weighted by Gasteiger charge is 2.39. The van der Waals surface area contributed by atoms with Crippen molar-refractivity contribution in [3.63, 3.8) is 0 Å². The Labute approximate surface area is 192 Å². The number of carbonyl (C=O) groups excluding carboxylic acids is 1. The number of carboxylic acid groups (broad SMARTS) is 2. The van der Waals surface area contributed by atoms with Crippen LogP contribution in [-0.2, 0) is 17.1 Å². The standard InChI is InChI=1S/C20H16F6N4O5/c21-19(22,23)10-5-9(6-11(7-10)20(24,25)26)13-2-1-12(27)15(28-13)16(31)30-4-3-29(18(34)35)8-14(30)17(32)33/h1-2,5-7,14H,3-4,8,27H2,(H,32,33)(H,34,35)/t14-/m0/s1. The van der Waals surface area contributed by atoms with E-state index in [-0.39, 0.29) is 24.8 Å². The number of amides is 2. The number of halogens is 6. The molecule has 0 radical (unpaired) electrons. The van der Waals surface area contributed by atoms with Crippen LogP contribution in [0.3, 0.4) is 0 Å². The van der Waals surface area contributed by atoms with E-state index in [1.165, 1.54) is 0 Å². The van der Waals surface area contributed by atoms with Crippen molar-refractivity contribution >= 4 is 23.7 Å². The van der Waals surface area contributed by atoms with Crippen molar-refractivity contribution in [1.29, 1.82) is 0 Å². The summed E-state index contributed by atoms with van der Waals surface area (Å²) < 4.78 is 79.2. The van der Waals surface area contributed by atoms with Crippen LogP contribution in [0.25, 0.3) is 11.3 Å². The zero-order valence-electron chi connectivity index (χ0n) is 17.4. The first-order valence-electron chi connectivity index (χ1n) is 9.67. The first-order valence-corrected chi connectivity index (χ1v) is 9.67. The van der Waals surface area contributed by atoms with Gasteiger partial charge < -0.3 is 25.7 Å². The summed E-state index contributed by atoms with van der Waals surface area (Å²) in [5, 5.41) is 18.5. The maximum Gasteiger partial charge on any atom is 0.416 e. The molecule has 1 aliphatic heterocycles. The Kier molecular flexibility index (Phi) is 6.55. The van der Waals surface area contributed by atoms with E-state index in [0.717, 1.165) is 21.9 Å². The van der Waals surface area contributed by atoms with Crippen LogP contribution in [0.1, 0.15) is 21.6 Å². The smallest absolute Gasteiger partial charge is 0.416 e. The van der Waals surface area contributed by atoms with E-state index in [2.05, 4.69) is 4.98 Å². The molecule has 2 heterocycles. The van der Waals surface area contributed by atoms with Crippen LogP contribution in [0, 0.1) is 0 Å². The molecule has 0 saturated carbocycles. The van der Waals surface area contributed by atoms with E-state index in [0.29, 0.717) is 12.1 Å². The summed E-state index contributed by atoms with van der Waals surface area (Å²) in [4.78, 5) is 41.2. The number of hydrogen-bond acceptors (Lipinski definition) is 5. The third-order valence-electron chi connectivity index (χ3n) is 5.21. The van der Waals surface area contributed by atoms with Crippen molar-refractivity contribution in [3.8, 4) is 11.3 Å². The van der Waals surface area contributed by atoms with Gasteiger partial charge in [-0.3, -0.25) is 4.79 Å². The molecule has 0 bridgehead atoms. The van der Waals surface area contributed by atoms with Gasteiger partial charge in [-0.05, 0) is 30.3 Å². The van der Waals surface area contributed by atoms with Gasteiger partial charge in [0.15, 0.2) is 5.69 Å². The summed E-state index contributed by atoms with van der Waals surface area (Å²) >= 11 is 0. The summed E-state index contributed by atoms with van der Waals surface area (Å²) in [6, 6.07) is 1.21. The van der Waals surface area contributed by atoms with Gasteiger partial charge in [-0.25, -0.2) is 14.6 Å². The normalized spacial score (nSPS) is 16.8. The number of anilines is 1. The molecule has 9 nitrogen and oxygen atoms in total. The van der Waals surface area contributed by atoms with Crippen molar-refractivity contribution < 1.29 is 50.9 Å². The number of nitrogens with two attached hydrogens (primary N) is 1. The van der Waals surface area contributed by atoms with Crippen LogP contribution in [-0.4, -0.2) is 68.6 Å². The molecule has 1 saturated heterocycles. The number of benzene rings is 1. The number of hydrogen-bond donors (Lipinski definition) is 3. The number of aromatic nitrogens is 1. The zero-order chi connectivity index (χ0) is 26.3. The van der Waals surface area contributed by atoms with Crippen LogP contribution < -0.4 is 5.73 Å². The highest BCUT2D eigenvalue weighted by molar-refractivity contribution is 6.00. The molecule has 1 atom stereocenters. The Bertz CT molecular complexity index is 1150. The maximum atomic E-state index is 13.2. The fourth-order valence-corrected chi connectivity index (χ4v) is 3.45. The molecule has 4 N–H and O–H groups in total. The molecule has 1 fully saturated rings. The first-order chi connectivity index (χ1) is 16.1. The summed E-state index contributed by atoms with van der Waals surface area (Å²) in [6.45, 7) is -1.18. The molecule has 15 heteroatoms. The van der Waals surface area contributed by atoms with Crippen molar-refractivity contribution in [1.82, 2.24) is 14.8 Å². The zero-order valence-corrected chi connectivity index (χ0v) is 17.4. The average Bonchev–Trinajstić information content (AvgIpc) is 2.77. The number of carbonyl (C=O) groups is 3. The highest BCUT2D eigenvalue weighted by atomic mass is 19.4. The van der Waals surface area contributed by atoms with Gasteiger partial charge in [0.2, 0.25) is 0 Å². The number of aliphatic carboxylic acids is 1. The summed E-state index contributed by atoms with van der Waals surface area (Å²) in [5.74, 6) is -2.61. The second kappa shape index (κ2) is 8.96. The van der Waals surface area contributed by atoms with Crippen LogP contribution in [0.15, 0.2) is 30.3 Å². The second-order valence-corrected chi connectivity index (χ2v) is 7.51. The van der Waals surface area contributed by atoms with Gasteiger partial charge >= 0.3 is 24.4 Å². The number of pyridine rings is 1. The van der Waals surface area contributed by atoms with E-state index in [1.807, 2.05) is 0 Å². The minimum Gasteiger partial charge on any atom is -0.480 e. The summed E-state index contributed by atoms with van der Waals surface area (Å²) in [7, 11) is 0. The van der Waals surface area contributed by atoms with Crippen LogP contribution in [0.2, 0.25) is 0 Å². The average molecular weight is 506 g/mol. The fraction of sp³-hybridized carbons (Fsp3) is 0.300. The van der Waals surface area contributed by atoms with Gasteiger partial charge in [0.05, 0.1) is 29.1 Å². The first kappa shape index (κ1) is 25.6. The monoisotopic (exact) mass is 506 g/mol. The SMILES string of the molecule is Nc1ccc(-c2cc(C(F)(F)F)cc(C(F)(F)F)c2)nc1C(=O)N1CCN(C(=O)O)C[C@H]1C(=O)O. The third kappa shape index (κ3) is 5.38. The molecule has 1 aromatic carbocycles. The van der Waals surface area contributed by atoms with Gasteiger partial charge in [-0.15, -0.1) is 0 Å². The molecular weight excluding hydrogens is 490 g/mol. The molecule has 0 unspecified atom stereocenters. The topological polar surface area (TPSA) is 137 Å². The van der Waals surface area contributed by atoms with Crippen LogP contribution in [0.4, 0.5) is 36.8 Å². The molecule has 188 valence electrons. The Hall–Kier alpha value is -4.04. The maximum absolute atomic E-state index is 13.2. The lowest BCUT2D eigenvalue weighted by atomic mass is 10.0. The lowest BCUT2D eigenvalue weighted by molar-refractivity contribution is -0.144. The Morgan fingerprint density at radius 2 is 1.51 bits per heavy atom. The summed E-state index contributed by atoms with van der Waals surface area (Å²) in [5.41, 5.74) is 0.587. The fourth-order valence-electron chi connectivity index (χ4n) is 3.45. The number of nitrogens with zero attached hydrogens (tertiary/aromatic N) is 3. The van der Waals surface area contributed by atoms with E-state index < -0.39 is 71.0 Å². The summed E-state index contributed by atoms with van der Waals surface area (Å²) in [6.07, 6.45) is -11.6. The molecule has 0 spiro atoms. The lowest BCUT2D eigenvalue weighted by Gasteiger charge is -2.38. The quantitative estimate of drug-likeness (QED) is 0.544. The minimum absolute atomic E-state index is 0.0632. The van der Waals surface area contributed by atoms with E-state index in [1.54, 1.807) is 0 Å². The molecule has 1 aliphatic rings. The van der Waals surface area contributed by atoms with Crippen LogP contribution >= 0.6 is 0 Å². The predicted molar refractivity (Wildman–Crippen MR) is 106 cm³/mol. The largest absolute Gasteiger partial charge is 0.480 e. The van der Waals surface area contributed by atoms with Crippen molar-refractivity contribution in [2.45, 2.75) is 18.4 Å². The van der Waals surface area contributed by atoms with Gasteiger partial charge in [0.25, 0.3) is 5.91 Å². The van der Waals surface area contributed by atoms with E-state index in [4.69, 9.17) is 10.8 Å². The number of nitrogen functional groups attached to an aromatic ring is 1. The molecule has 0 aliphatic carbocycles. The number of piperazine rings is 1. The number of carboxylic acids is 1. The molecule has 1 aromatic heterocycles. The van der Waals surface area contributed by atoms with Crippen molar-refractivity contribution in [2.24, 2.45) is 0 Å². The van der Waals surface area contributed by atoms with Gasteiger partial charge in [0.1, 0.15) is 6.04 Å². The highest BCUT2D eigenvalue weighted by Crippen LogP contribution is 2.38. The van der Waals surface area contributed by atoms with Crippen molar-refractivity contribution in [3.05, 3.63) is 47.2 Å². The third-order valence-corrected chi connectivity index (χ3v) is 5.21. The van der Waals surface area contributed by atoms with Crippen molar-refractivity contribution in [2.75, 3.05) is 25.4 Å². The van der Waals surface area contributed by atoms with E-state index in [9.17, 15) is 45.8 Å².